The van der Waals surface area contributed by atoms with Crippen molar-refractivity contribution in [3.05, 3.63) is 93.4 Å². The number of hydrogen-bond acceptors (Lipinski definition) is 10. The highest BCUT2D eigenvalue weighted by molar-refractivity contribution is 6.31. The molecule has 312 valence electrons. The average molecular weight is 831 g/mol. The fourth-order valence-corrected chi connectivity index (χ4v) is 11.3. The maximum Gasteiger partial charge on any atom is 0.275 e. The van der Waals surface area contributed by atoms with Gasteiger partial charge in [0.05, 0.1) is 22.2 Å². The highest BCUT2D eigenvalue weighted by Gasteiger charge is 2.64. The summed E-state index contributed by atoms with van der Waals surface area (Å²) in [7, 11) is 0. The zero-order valence-corrected chi connectivity index (χ0v) is 35.2. The molecular weight excluding hydrogens is 780 g/mol. The van der Waals surface area contributed by atoms with Gasteiger partial charge in [-0.25, -0.2) is 4.68 Å². The van der Waals surface area contributed by atoms with E-state index in [0.29, 0.717) is 45.3 Å². The van der Waals surface area contributed by atoms with Crippen molar-refractivity contribution in [2.75, 3.05) is 42.5 Å². The van der Waals surface area contributed by atoms with Gasteiger partial charge in [-0.2, -0.15) is 10.4 Å². The Labute approximate surface area is 354 Å². The molecule has 2 N–H and O–H groups in total. The number of nitrogens with one attached hydrogen (secondary N) is 2. The largest absolute Gasteiger partial charge is 0.489 e. The van der Waals surface area contributed by atoms with Gasteiger partial charge >= 0.3 is 0 Å². The van der Waals surface area contributed by atoms with Gasteiger partial charge in [-0.05, 0) is 86.2 Å². The molecule has 1 saturated carbocycles. The molecule has 60 heavy (non-hydrogen) atoms. The molecule has 3 atom stereocenters. The van der Waals surface area contributed by atoms with Gasteiger partial charge in [-0.15, -0.1) is 0 Å². The summed E-state index contributed by atoms with van der Waals surface area (Å²) in [5.41, 5.74) is 2.27. The molecule has 1 aliphatic carbocycles. The second-order valence-corrected chi connectivity index (χ2v) is 19.0. The van der Waals surface area contributed by atoms with E-state index in [1.165, 1.54) is 4.68 Å². The monoisotopic (exact) mass is 830 g/mol. The van der Waals surface area contributed by atoms with Crippen LogP contribution in [0.3, 0.4) is 0 Å². The first-order valence-corrected chi connectivity index (χ1v) is 21.5. The molecule has 2 bridgehead atoms. The third-order valence-corrected chi connectivity index (χ3v) is 14.3. The number of benzene rings is 3. The van der Waals surface area contributed by atoms with E-state index in [-0.39, 0.29) is 53.2 Å². The minimum Gasteiger partial charge on any atom is -0.489 e. The van der Waals surface area contributed by atoms with Crippen LogP contribution in [-0.4, -0.2) is 89.4 Å². The van der Waals surface area contributed by atoms with Crippen molar-refractivity contribution < 1.29 is 19.1 Å². The van der Waals surface area contributed by atoms with Gasteiger partial charge in [0.2, 0.25) is 5.91 Å². The summed E-state index contributed by atoms with van der Waals surface area (Å²) in [5.74, 6) is 0.334. The van der Waals surface area contributed by atoms with Gasteiger partial charge in [0.25, 0.3) is 17.4 Å². The molecule has 13 nitrogen and oxygen atoms in total. The third-order valence-electron chi connectivity index (χ3n) is 14.0. The lowest BCUT2D eigenvalue weighted by molar-refractivity contribution is -0.164. The summed E-state index contributed by atoms with van der Waals surface area (Å²) in [5, 5.41) is 20.8. The lowest BCUT2D eigenvalue weighted by atomic mass is 9.49. The molecule has 9 rings (SSSR count). The number of piperazine rings is 1. The number of fused-ring (bicyclic) bond motifs is 3. The number of likely N-dealkylation sites (tertiary alicyclic amines) is 1. The fraction of sp³-hybridized carbons (Fsp3) is 0.478. The second kappa shape index (κ2) is 15.2. The first kappa shape index (κ1) is 40.0. The van der Waals surface area contributed by atoms with Crippen molar-refractivity contribution >= 4 is 51.5 Å². The maximum atomic E-state index is 13.5. The molecule has 4 aromatic rings. The van der Waals surface area contributed by atoms with Crippen LogP contribution in [0.5, 0.6) is 5.75 Å². The molecule has 0 spiro atoms. The summed E-state index contributed by atoms with van der Waals surface area (Å²) >= 11 is 6.26. The number of nitrogens with zero attached hydrogens (tertiary/aromatic N) is 6. The van der Waals surface area contributed by atoms with Crippen LogP contribution in [0.2, 0.25) is 5.02 Å². The number of amides is 3. The molecule has 3 aromatic carbocycles. The number of aromatic nitrogens is 2. The molecule has 0 radical (unpaired) electrons. The number of ether oxygens (including phenoxy) is 1. The molecule has 1 aromatic heterocycles. The van der Waals surface area contributed by atoms with Crippen molar-refractivity contribution in [2.24, 2.45) is 16.7 Å². The average Bonchev–Trinajstić information content (AvgIpc) is 3.84. The van der Waals surface area contributed by atoms with E-state index >= 15 is 0 Å². The number of carbonyl (C=O) groups is 3. The van der Waals surface area contributed by atoms with Gasteiger partial charge in [0.15, 0.2) is 0 Å². The zero-order chi connectivity index (χ0) is 42.1. The van der Waals surface area contributed by atoms with Crippen LogP contribution < -0.4 is 30.7 Å². The lowest BCUT2D eigenvalue weighted by Gasteiger charge is -2.63. The number of halogens is 1. The van der Waals surface area contributed by atoms with Crippen molar-refractivity contribution in [1.82, 2.24) is 25.3 Å². The first-order valence-electron chi connectivity index (χ1n) is 21.1. The van der Waals surface area contributed by atoms with Crippen LogP contribution in [0.15, 0.2) is 71.7 Å². The van der Waals surface area contributed by atoms with E-state index < -0.39 is 11.9 Å². The molecular formula is C46H51ClN8O5. The quantitative estimate of drug-likeness (QED) is 0.201. The van der Waals surface area contributed by atoms with E-state index in [2.05, 4.69) is 76.3 Å². The SMILES string of the molecule is CC1(C)C(NC(=O)c2ccc(N3CCC(CN4CC5CC4CN5c4ccc5c(=O)n([C@H]6CCC(=O)NC6=O)ncc5c4)CC3)cc2)C(C)(C)C1Oc1ccc(C#N)c(Cl)c1. The van der Waals surface area contributed by atoms with Gasteiger partial charge in [-0.1, -0.05) is 39.3 Å². The first-order chi connectivity index (χ1) is 28.7. The van der Waals surface area contributed by atoms with E-state index in [9.17, 15) is 24.4 Å². The molecule has 4 aliphatic heterocycles. The molecule has 4 saturated heterocycles. The van der Waals surface area contributed by atoms with E-state index in [0.717, 1.165) is 68.7 Å². The minimum atomic E-state index is -0.779. The Morgan fingerprint density at radius 1 is 0.950 bits per heavy atom. The highest BCUT2D eigenvalue weighted by atomic mass is 35.5. The number of hydrogen-bond donors (Lipinski definition) is 2. The van der Waals surface area contributed by atoms with Crippen LogP contribution in [0.1, 0.15) is 81.8 Å². The highest BCUT2D eigenvalue weighted by Crippen LogP contribution is 2.55. The van der Waals surface area contributed by atoms with Crippen LogP contribution in [-0.2, 0) is 9.59 Å². The predicted octanol–water partition coefficient (Wildman–Crippen LogP) is 5.69. The maximum absolute atomic E-state index is 13.5. The Kier molecular flexibility index (Phi) is 10.1. The van der Waals surface area contributed by atoms with Crippen LogP contribution in [0.4, 0.5) is 11.4 Å². The molecule has 14 heteroatoms. The Balaban J connectivity index is 0.750. The number of anilines is 2. The van der Waals surface area contributed by atoms with Gasteiger partial charge in [0.1, 0.15) is 24.0 Å². The summed E-state index contributed by atoms with van der Waals surface area (Å²) in [6.07, 6.45) is 5.31. The number of imide groups is 1. The van der Waals surface area contributed by atoms with E-state index in [1.807, 2.05) is 30.3 Å². The Morgan fingerprint density at radius 3 is 2.35 bits per heavy atom. The van der Waals surface area contributed by atoms with Crippen molar-refractivity contribution in [2.45, 2.75) is 90.1 Å². The van der Waals surface area contributed by atoms with Crippen molar-refractivity contribution in [3.8, 4) is 11.8 Å². The summed E-state index contributed by atoms with van der Waals surface area (Å²) in [6, 6.07) is 21.1. The predicted molar refractivity (Wildman–Crippen MR) is 229 cm³/mol. The molecule has 5 aliphatic rings. The van der Waals surface area contributed by atoms with Gasteiger partial charge < -0.3 is 19.9 Å². The molecule has 5 fully saturated rings. The van der Waals surface area contributed by atoms with Crippen LogP contribution >= 0.6 is 11.6 Å². The van der Waals surface area contributed by atoms with Crippen molar-refractivity contribution in [3.63, 3.8) is 0 Å². The number of nitriles is 1. The van der Waals surface area contributed by atoms with Crippen molar-refractivity contribution in [1.29, 1.82) is 5.26 Å². The topological polar surface area (TPSA) is 153 Å². The normalized spacial score (nSPS) is 26.1. The second-order valence-electron chi connectivity index (χ2n) is 18.6. The standard InChI is InChI=1S/C46H51ClN8O5/c1-45(2)43(46(3,4)44(45)60-35-11-7-29(22-48)37(47)21-35)51-40(57)28-5-8-31(9-6-28)52-17-15-27(16-18-52)24-53-25-34-20-33(53)26-54(34)32-10-12-36-30(19-32)23-49-55(42(36)59)38-13-14-39(56)50-41(38)58/h5-12,19,21,23,27,33-34,38,43-44H,13-18,20,24-26H2,1-4H3,(H,51,57)(H,50,56,58)/t33?,34?,38-,43?,44?/m0/s1. The van der Waals surface area contributed by atoms with Crippen LogP contribution in [0.25, 0.3) is 10.8 Å². The van der Waals surface area contributed by atoms with Gasteiger partial charge in [0, 0.05) is 96.5 Å². The summed E-state index contributed by atoms with van der Waals surface area (Å²) in [4.78, 5) is 58.4. The summed E-state index contributed by atoms with van der Waals surface area (Å²) in [6.45, 7) is 13.5. The van der Waals surface area contributed by atoms with Crippen LogP contribution in [0, 0.1) is 28.1 Å². The number of piperidine rings is 2. The van der Waals surface area contributed by atoms with Gasteiger partial charge in [-0.3, -0.25) is 29.4 Å². The molecule has 5 heterocycles. The van der Waals surface area contributed by atoms with E-state index in [4.69, 9.17) is 16.3 Å². The Morgan fingerprint density at radius 2 is 1.68 bits per heavy atom. The molecule has 3 amide bonds. The van der Waals surface area contributed by atoms with E-state index in [1.54, 1.807) is 24.4 Å². The smallest absolute Gasteiger partial charge is 0.275 e. The minimum absolute atomic E-state index is 0.0984. The Hall–Kier alpha value is -5.45. The lowest BCUT2D eigenvalue weighted by Crippen LogP contribution is -2.74. The summed E-state index contributed by atoms with van der Waals surface area (Å²) < 4.78 is 7.61. The number of carbonyl (C=O) groups excluding carboxylic acids is 3. The number of rotatable bonds is 9. The zero-order valence-electron chi connectivity index (χ0n) is 34.5. The Bertz CT molecular complexity index is 2460. The third kappa shape index (κ3) is 7.07. The fourth-order valence-electron chi connectivity index (χ4n) is 11.1. The molecule has 2 unspecified atom stereocenters.